The van der Waals surface area contributed by atoms with Crippen molar-refractivity contribution in [2.45, 2.75) is 6.18 Å². The molecular weight excluding hydrogens is 355 g/mol. The lowest BCUT2D eigenvalue weighted by atomic mass is 10.2. The number of urea groups is 1. The van der Waals surface area contributed by atoms with Crippen LogP contribution in [0.5, 0.6) is 11.5 Å². The Morgan fingerprint density at radius 1 is 1.19 bits per heavy atom. The van der Waals surface area contributed by atoms with Crippen molar-refractivity contribution in [3.8, 4) is 11.5 Å². The van der Waals surface area contributed by atoms with E-state index in [-0.39, 0.29) is 11.5 Å². The molecule has 0 aromatic heterocycles. The first kappa shape index (κ1) is 19.0. The highest BCUT2D eigenvalue weighted by Gasteiger charge is 2.33. The van der Waals surface area contributed by atoms with Crippen LogP contribution in [0.2, 0.25) is 0 Å². The summed E-state index contributed by atoms with van der Waals surface area (Å²) in [6.45, 7) is 0. The molecule has 0 saturated heterocycles. The molecular formula is C16H14F3N3O4. The number of anilines is 1. The molecule has 0 radical (unpaired) electrons. The molecule has 0 atom stereocenters. The van der Waals surface area contributed by atoms with E-state index in [4.69, 9.17) is 4.74 Å². The lowest BCUT2D eigenvalue weighted by Crippen LogP contribution is -2.27. The molecule has 1 N–H and O–H groups in total. The number of rotatable bonds is 4. The Balaban J connectivity index is 2.31. The Labute approximate surface area is 146 Å². The summed E-state index contributed by atoms with van der Waals surface area (Å²) in [6.07, 6.45) is -4.71. The smallest absolute Gasteiger partial charge is 0.416 e. The Morgan fingerprint density at radius 3 is 2.46 bits per heavy atom. The summed E-state index contributed by atoms with van der Waals surface area (Å²) in [5, 5.41) is 13.6. The van der Waals surface area contributed by atoms with Crippen molar-refractivity contribution in [3.63, 3.8) is 0 Å². The molecule has 0 aliphatic heterocycles. The fourth-order valence-corrected chi connectivity index (χ4v) is 1.92. The largest absolute Gasteiger partial charge is 0.450 e. The van der Waals surface area contributed by atoms with Gasteiger partial charge < -0.3 is 15.0 Å². The van der Waals surface area contributed by atoms with Gasteiger partial charge in [0, 0.05) is 31.9 Å². The maximum absolute atomic E-state index is 12.7. The van der Waals surface area contributed by atoms with Gasteiger partial charge in [-0.3, -0.25) is 10.1 Å². The molecule has 2 aromatic rings. The van der Waals surface area contributed by atoms with E-state index in [9.17, 15) is 28.1 Å². The molecule has 10 heteroatoms. The zero-order valence-corrected chi connectivity index (χ0v) is 13.7. The maximum atomic E-state index is 12.7. The number of nitro benzene ring substituents is 1. The summed E-state index contributed by atoms with van der Waals surface area (Å²) in [4.78, 5) is 23.1. The summed E-state index contributed by atoms with van der Waals surface area (Å²) in [5.41, 5.74) is -1.61. The van der Waals surface area contributed by atoms with Crippen LogP contribution in [0.4, 0.5) is 29.3 Å². The number of alkyl halides is 3. The molecule has 0 aliphatic rings. The Bertz CT molecular complexity index is 838. The number of halogens is 3. The van der Waals surface area contributed by atoms with E-state index in [1.165, 1.54) is 23.1 Å². The lowest BCUT2D eigenvalue weighted by Gasteiger charge is -2.13. The Kier molecular flexibility index (Phi) is 5.34. The fourth-order valence-electron chi connectivity index (χ4n) is 1.92. The van der Waals surface area contributed by atoms with Crippen molar-refractivity contribution in [3.05, 3.63) is 58.1 Å². The van der Waals surface area contributed by atoms with Crippen molar-refractivity contribution in [1.29, 1.82) is 0 Å². The van der Waals surface area contributed by atoms with Crippen LogP contribution in [-0.2, 0) is 6.18 Å². The highest BCUT2D eigenvalue weighted by Crippen LogP contribution is 2.38. The minimum atomic E-state index is -4.71. The highest BCUT2D eigenvalue weighted by molar-refractivity contribution is 5.89. The first-order chi connectivity index (χ1) is 12.1. The summed E-state index contributed by atoms with van der Waals surface area (Å²) >= 11 is 0. The molecule has 0 heterocycles. The number of nitrogens with one attached hydrogen (secondary N) is 1. The van der Waals surface area contributed by atoms with Crippen LogP contribution in [0, 0.1) is 10.1 Å². The van der Waals surface area contributed by atoms with Gasteiger partial charge in [-0.15, -0.1) is 0 Å². The van der Waals surface area contributed by atoms with Gasteiger partial charge in [-0.05, 0) is 24.3 Å². The number of benzene rings is 2. The van der Waals surface area contributed by atoms with Gasteiger partial charge in [-0.1, -0.05) is 6.07 Å². The van der Waals surface area contributed by atoms with Gasteiger partial charge >= 0.3 is 17.9 Å². The zero-order valence-electron chi connectivity index (χ0n) is 13.7. The molecule has 0 aliphatic carbocycles. The fraction of sp³-hybridized carbons (Fsp3) is 0.188. The van der Waals surface area contributed by atoms with Crippen molar-refractivity contribution in [2.24, 2.45) is 0 Å². The Morgan fingerprint density at radius 2 is 1.88 bits per heavy atom. The van der Waals surface area contributed by atoms with Crippen LogP contribution in [0.1, 0.15) is 5.56 Å². The standard InChI is InChI=1S/C16H14F3N3O4/c1-21(2)15(23)20-11-4-3-5-12(9-11)26-14-7-6-10(16(17,18)19)8-13(14)22(24)25/h3-9H,1-2H3,(H,20,23). The molecule has 0 fully saturated rings. The maximum Gasteiger partial charge on any atom is 0.416 e. The minimum Gasteiger partial charge on any atom is -0.450 e. The molecule has 2 amide bonds. The first-order valence-corrected chi connectivity index (χ1v) is 7.20. The molecule has 2 rings (SSSR count). The van der Waals surface area contributed by atoms with Gasteiger partial charge in [-0.2, -0.15) is 13.2 Å². The van der Waals surface area contributed by atoms with E-state index >= 15 is 0 Å². The second kappa shape index (κ2) is 7.30. The molecule has 0 bridgehead atoms. The van der Waals surface area contributed by atoms with Crippen LogP contribution < -0.4 is 10.1 Å². The average Bonchev–Trinajstić information content (AvgIpc) is 2.54. The zero-order chi connectivity index (χ0) is 19.5. The molecule has 0 spiro atoms. The van der Waals surface area contributed by atoms with Crippen LogP contribution >= 0.6 is 0 Å². The van der Waals surface area contributed by atoms with Gasteiger partial charge in [-0.25, -0.2) is 4.79 Å². The summed E-state index contributed by atoms with van der Waals surface area (Å²) in [5.74, 6) is -0.233. The van der Waals surface area contributed by atoms with Gasteiger partial charge in [0.05, 0.1) is 10.5 Å². The van der Waals surface area contributed by atoms with E-state index in [1.54, 1.807) is 20.2 Å². The van der Waals surface area contributed by atoms with Crippen molar-refractivity contribution in [1.82, 2.24) is 4.90 Å². The van der Waals surface area contributed by atoms with E-state index in [0.717, 1.165) is 6.07 Å². The molecule has 0 saturated carbocycles. The Hall–Kier alpha value is -3.30. The van der Waals surface area contributed by atoms with E-state index in [1.807, 2.05) is 0 Å². The number of ether oxygens (including phenoxy) is 1. The van der Waals surface area contributed by atoms with E-state index in [0.29, 0.717) is 17.8 Å². The highest BCUT2D eigenvalue weighted by atomic mass is 19.4. The number of amides is 2. The van der Waals surface area contributed by atoms with Crippen molar-refractivity contribution < 1.29 is 27.6 Å². The molecule has 7 nitrogen and oxygen atoms in total. The molecule has 0 unspecified atom stereocenters. The summed E-state index contributed by atoms with van der Waals surface area (Å²) in [7, 11) is 3.09. The number of nitro groups is 1. The molecule has 138 valence electrons. The van der Waals surface area contributed by atoms with Gasteiger partial charge in [0.15, 0.2) is 0 Å². The third-order valence-electron chi connectivity index (χ3n) is 3.20. The predicted molar refractivity (Wildman–Crippen MR) is 87.3 cm³/mol. The van der Waals surface area contributed by atoms with Gasteiger partial charge in [0.2, 0.25) is 5.75 Å². The minimum absolute atomic E-state index is 0.115. The topological polar surface area (TPSA) is 84.7 Å². The van der Waals surface area contributed by atoms with Crippen molar-refractivity contribution in [2.75, 3.05) is 19.4 Å². The monoisotopic (exact) mass is 369 g/mol. The van der Waals surface area contributed by atoms with E-state index < -0.39 is 28.4 Å². The second-order valence-corrected chi connectivity index (χ2v) is 5.39. The summed E-state index contributed by atoms with van der Waals surface area (Å²) < 4.78 is 43.5. The number of carbonyl (C=O) groups excluding carboxylic acids is 1. The summed E-state index contributed by atoms with van der Waals surface area (Å²) in [6, 6.07) is 7.52. The van der Waals surface area contributed by atoms with E-state index in [2.05, 4.69) is 5.32 Å². The number of carbonyl (C=O) groups is 1. The quantitative estimate of drug-likeness (QED) is 0.635. The van der Waals surface area contributed by atoms with Crippen LogP contribution in [0.15, 0.2) is 42.5 Å². The molecule has 2 aromatic carbocycles. The number of nitrogens with zero attached hydrogens (tertiary/aromatic N) is 2. The average molecular weight is 369 g/mol. The van der Waals surface area contributed by atoms with Gasteiger partial charge in [0.1, 0.15) is 5.75 Å². The van der Waals surface area contributed by atoms with Gasteiger partial charge in [0.25, 0.3) is 0 Å². The number of hydrogen-bond donors (Lipinski definition) is 1. The second-order valence-electron chi connectivity index (χ2n) is 5.39. The SMILES string of the molecule is CN(C)C(=O)Nc1cccc(Oc2ccc(C(F)(F)F)cc2[N+](=O)[O-])c1. The third kappa shape index (κ3) is 4.62. The van der Waals surface area contributed by atoms with Crippen molar-refractivity contribution >= 4 is 17.4 Å². The normalized spacial score (nSPS) is 11.0. The molecule has 26 heavy (non-hydrogen) atoms. The predicted octanol–water partition coefficient (Wildman–Crippen LogP) is 4.50. The first-order valence-electron chi connectivity index (χ1n) is 7.20. The van der Waals surface area contributed by atoms with Crippen LogP contribution in [-0.4, -0.2) is 29.9 Å². The third-order valence-corrected chi connectivity index (χ3v) is 3.20. The van der Waals surface area contributed by atoms with Crippen LogP contribution in [0.3, 0.4) is 0 Å². The van der Waals surface area contributed by atoms with Crippen LogP contribution in [0.25, 0.3) is 0 Å². The lowest BCUT2D eigenvalue weighted by molar-refractivity contribution is -0.385. The number of hydrogen-bond acceptors (Lipinski definition) is 4.